The van der Waals surface area contributed by atoms with Crippen molar-refractivity contribution in [1.82, 2.24) is 0 Å². The van der Waals surface area contributed by atoms with E-state index in [4.69, 9.17) is 5.11 Å². The van der Waals surface area contributed by atoms with Crippen LogP contribution in [0.1, 0.15) is 19.4 Å². The van der Waals surface area contributed by atoms with Crippen LogP contribution in [-0.2, 0) is 11.2 Å². The average Bonchev–Trinajstić information content (AvgIpc) is 2.20. The van der Waals surface area contributed by atoms with Gasteiger partial charge in [-0.1, -0.05) is 17.7 Å². The molecule has 2 N–H and O–H groups in total. The van der Waals surface area contributed by atoms with Gasteiger partial charge in [0.25, 0.3) is 0 Å². The number of anilines is 1. The first kappa shape index (κ1) is 12.5. The minimum atomic E-state index is -0.116. The maximum Gasteiger partial charge on any atom is 0.248 e. The van der Waals surface area contributed by atoms with Gasteiger partial charge in [0.15, 0.2) is 0 Å². The van der Waals surface area contributed by atoms with Crippen molar-refractivity contribution in [3.63, 3.8) is 0 Å². The molecule has 86 valence electrons. The Hall–Kier alpha value is -1.61. The van der Waals surface area contributed by atoms with Crippen LogP contribution in [0.4, 0.5) is 5.69 Å². The second-order valence-corrected chi connectivity index (χ2v) is 3.88. The zero-order chi connectivity index (χ0) is 12.0. The number of benzene rings is 1. The topological polar surface area (TPSA) is 49.3 Å². The maximum atomic E-state index is 11.4. The number of amides is 1. The van der Waals surface area contributed by atoms with Crippen molar-refractivity contribution in [3.05, 3.63) is 41.5 Å². The zero-order valence-electron chi connectivity index (χ0n) is 9.66. The largest absolute Gasteiger partial charge is 0.396 e. The highest BCUT2D eigenvalue weighted by Crippen LogP contribution is 2.10. The lowest BCUT2D eigenvalue weighted by atomic mass is 10.1. The summed E-state index contributed by atoms with van der Waals surface area (Å²) in [5.41, 5.74) is 2.79. The van der Waals surface area contributed by atoms with Crippen LogP contribution in [0.25, 0.3) is 0 Å². The minimum absolute atomic E-state index is 0.116. The molecular formula is C13H17NO2. The van der Waals surface area contributed by atoms with Crippen LogP contribution in [0.15, 0.2) is 35.9 Å². The molecule has 1 rings (SSSR count). The molecule has 1 aromatic rings. The summed E-state index contributed by atoms with van der Waals surface area (Å²) in [5, 5.41) is 11.5. The Kier molecular flexibility index (Phi) is 4.73. The fourth-order valence-corrected chi connectivity index (χ4v) is 1.32. The number of rotatable bonds is 4. The number of aliphatic hydroxyl groups is 1. The quantitative estimate of drug-likeness (QED) is 0.762. The summed E-state index contributed by atoms with van der Waals surface area (Å²) in [6.45, 7) is 3.90. The first-order valence-electron chi connectivity index (χ1n) is 5.27. The molecule has 0 heterocycles. The molecule has 0 spiro atoms. The van der Waals surface area contributed by atoms with Crippen molar-refractivity contribution in [3.8, 4) is 0 Å². The first-order chi connectivity index (χ1) is 7.61. The molecule has 3 heteroatoms. The van der Waals surface area contributed by atoms with E-state index in [2.05, 4.69) is 5.32 Å². The third-order valence-electron chi connectivity index (χ3n) is 2.04. The van der Waals surface area contributed by atoms with Gasteiger partial charge in [0.2, 0.25) is 5.91 Å². The molecule has 0 aromatic heterocycles. The van der Waals surface area contributed by atoms with E-state index in [0.29, 0.717) is 6.42 Å². The average molecular weight is 219 g/mol. The van der Waals surface area contributed by atoms with Crippen LogP contribution < -0.4 is 5.32 Å². The number of allylic oxidation sites excluding steroid dienone is 1. The van der Waals surface area contributed by atoms with Crippen LogP contribution in [0.2, 0.25) is 0 Å². The molecule has 3 nitrogen and oxygen atoms in total. The fraction of sp³-hybridized carbons (Fsp3) is 0.308. The van der Waals surface area contributed by atoms with Gasteiger partial charge in [-0.3, -0.25) is 4.79 Å². The molecule has 1 aromatic carbocycles. The van der Waals surface area contributed by atoms with Crippen LogP contribution in [0.5, 0.6) is 0 Å². The molecule has 0 unspecified atom stereocenters. The predicted molar refractivity (Wildman–Crippen MR) is 65.3 cm³/mol. The summed E-state index contributed by atoms with van der Waals surface area (Å²) in [5.74, 6) is -0.116. The Bertz CT molecular complexity index is 375. The van der Waals surface area contributed by atoms with Crippen molar-refractivity contribution in [1.29, 1.82) is 0 Å². The molecule has 0 aliphatic rings. The van der Waals surface area contributed by atoms with Gasteiger partial charge in [-0.25, -0.2) is 0 Å². The van der Waals surface area contributed by atoms with E-state index in [1.54, 1.807) is 6.08 Å². The third-order valence-corrected chi connectivity index (χ3v) is 2.04. The van der Waals surface area contributed by atoms with Gasteiger partial charge in [0.05, 0.1) is 0 Å². The molecule has 0 aliphatic carbocycles. The number of hydrogen-bond donors (Lipinski definition) is 2. The van der Waals surface area contributed by atoms with E-state index < -0.39 is 0 Å². The van der Waals surface area contributed by atoms with E-state index >= 15 is 0 Å². The highest BCUT2D eigenvalue weighted by Gasteiger charge is 1.98. The summed E-state index contributed by atoms with van der Waals surface area (Å²) in [7, 11) is 0. The molecule has 0 saturated carbocycles. The van der Waals surface area contributed by atoms with Crippen molar-refractivity contribution < 1.29 is 9.90 Å². The van der Waals surface area contributed by atoms with Crippen molar-refractivity contribution in [2.45, 2.75) is 20.3 Å². The van der Waals surface area contributed by atoms with Crippen LogP contribution in [-0.4, -0.2) is 17.6 Å². The van der Waals surface area contributed by atoms with Gasteiger partial charge in [-0.05, 0) is 38.0 Å². The second-order valence-electron chi connectivity index (χ2n) is 3.88. The van der Waals surface area contributed by atoms with E-state index in [9.17, 15) is 4.79 Å². The lowest BCUT2D eigenvalue weighted by molar-refractivity contribution is -0.111. The third kappa shape index (κ3) is 4.28. The first-order valence-corrected chi connectivity index (χ1v) is 5.27. The van der Waals surface area contributed by atoms with Crippen molar-refractivity contribution >= 4 is 11.6 Å². The Morgan fingerprint density at radius 2 is 1.94 bits per heavy atom. The summed E-state index contributed by atoms with van der Waals surface area (Å²) < 4.78 is 0. The van der Waals surface area contributed by atoms with Gasteiger partial charge >= 0.3 is 0 Å². The molecule has 0 radical (unpaired) electrons. The van der Waals surface area contributed by atoms with Gasteiger partial charge < -0.3 is 10.4 Å². The normalized spacial score (nSPS) is 9.69. The number of aliphatic hydroxyl groups excluding tert-OH is 1. The van der Waals surface area contributed by atoms with Crippen LogP contribution in [0.3, 0.4) is 0 Å². The molecule has 0 fully saturated rings. The van der Waals surface area contributed by atoms with Gasteiger partial charge in [-0.15, -0.1) is 0 Å². The number of hydrogen-bond acceptors (Lipinski definition) is 2. The molecule has 1 amide bonds. The van der Waals surface area contributed by atoms with E-state index in [1.807, 2.05) is 38.1 Å². The SMILES string of the molecule is CC(C)=CC(=O)Nc1ccc(CCO)cc1. The van der Waals surface area contributed by atoms with Crippen molar-refractivity contribution in [2.75, 3.05) is 11.9 Å². The smallest absolute Gasteiger partial charge is 0.248 e. The highest BCUT2D eigenvalue weighted by molar-refractivity contribution is 5.99. The molecule has 0 bridgehead atoms. The lowest BCUT2D eigenvalue weighted by Crippen LogP contribution is -2.08. The number of nitrogens with one attached hydrogen (secondary N) is 1. The van der Waals surface area contributed by atoms with E-state index in [1.165, 1.54) is 0 Å². The van der Waals surface area contributed by atoms with E-state index in [0.717, 1.165) is 16.8 Å². The Labute approximate surface area is 95.8 Å². The predicted octanol–water partition coefficient (Wildman–Crippen LogP) is 2.13. The van der Waals surface area contributed by atoms with Crippen LogP contribution in [0, 0.1) is 0 Å². The Balaban J connectivity index is 2.61. The summed E-state index contributed by atoms with van der Waals surface area (Å²) >= 11 is 0. The Morgan fingerprint density at radius 1 is 1.31 bits per heavy atom. The fourth-order valence-electron chi connectivity index (χ4n) is 1.32. The van der Waals surface area contributed by atoms with E-state index in [-0.39, 0.29) is 12.5 Å². The molecule has 0 atom stereocenters. The molecule has 0 saturated heterocycles. The monoisotopic (exact) mass is 219 g/mol. The maximum absolute atomic E-state index is 11.4. The number of carbonyl (C=O) groups excluding carboxylic acids is 1. The van der Waals surface area contributed by atoms with Crippen molar-refractivity contribution in [2.24, 2.45) is 0 Å². The molecular weight excluding hydrogens is 202 g/mol. The molecule has 0 aliphatic heterocycles. The van der Waals surface area contributed by atoms with Crippen LogP contribution >= 0.6 is 0 Å². The summed E-state index contributed by atoms with van der Waals surface area (Å²) in [6, 6.07) is 7.46. The Morgan fingerprint density at radius 3 is 2.44 bits per heavy atom. The zero-order valence-corrected chi connectivity index (χ0v) is 9.66. The summed E-state index contributed by atoms with van der Waals surface area (Å²) in [4.78, 5) is 11.4. The van der Waals surface area contributed by atoms with Gasteiger partial charge in [0, 0.05) is 18.4 Å². The molecule has 16 heavy (non-hydrogen) atoms. The summed E-state index contributed by atoms with van der Waals surface area (Å²) in [6.07, 6.45) is 2.20. The number of carbonyl (C=O) groups is 1. The second kappa shape index (κ2) is 6.08. The highest BCUT2D eigenvalue weighted by atomic mass is 16.2. The van der Waals surface area contributed by atoms with Gasteiger partial charge in [-0.2, -0.15) is 0 Å². The van der Waals surface area contributed by atoms with Gasteiger partial charge in [0.1, 0.15) is 0 Å². The lowest BCUT2D eigenvalue weighted by Gasteiger charge is -2.04. The standard InChI is InChI=1S/C13H17NO2/c1-10(2)9-13(16)14-12-5-3-11(4-6-12)7-8-15/h3-6,9,15H,7-8H2,1-2H3,(H,14,16). The minimum Gasteiger partial charge on any atom is -0.396 e.